The maximum Gasteiger partial charge on any atom is 0.142 e. The minimum absolute atomic E-state index is 0.417. The third kappa shape index (κ3) is 0.639. The summed E-state index contributed by atoms with van der Waals surface area (Å²) in [4.78, 5) is 0. The quantitative estimate of drug-likeness (QED) is 0.423. The van der Waals surface area contributed by atoms with Gasteiger partial charge in [-0.1, -0.05) is 0 Å². The van der Waals surface area contributed by atoms with E-state index in [1.165, 1.54) is 6.42 Å². The zero-order chi connectivity index (χ0) is 7.75. The Morgan fingerprint density at radius 1 is 1.09 bits per heavy atom. The van der Waals surface area contributed by atoms with Crippen LogP contribution in [0.2, 0.25) is 0 Å². The van der Waals surface area contributed by atoms with E-state index in [1.807, 2.05) is 0 Å². The van der Waals surface area contributed by atoms with Crippen molar-refractivity contribution in [1.29, 1.82) is 0 Å². The van der Waals surface area contributed by atoms with E-state index in [0.717, 1.165) is 16.4 Å². The average molecular weight is 210 g/mol. The lowest BCUT2D eigenvalue weighted by Gasteiger charge is -2.44. The van der Waals surface area contributed by atoms with Crippen molar-refractivity contribution in [3.63, 3.8) is 0 Å². The summed E-state index contributed by atoms with van der Waals surface area (Å²) in [6, 6.07) is 0. The van der Waals surface area contributed by atoms with E-state index >= 15 is 0 Å². The van der Waals surface area contributed by atoms with Crippen molar-refractivity contribution in [3.8, 4) is 0 Å². The van der Waals surface area contributed by atoms with E-state index < -0.39 is 0 Å². The van der Waals surface area contributed by atoms with Crippen LogP contribution in [-0.2, 0) is 10.9 Å². The highest BCUT2D eigenvalue weighted by Crippen LogP contribution is 2.62. The van der Waals surface area contributed by atoms with Gasteiger partial charge in [0.15, 0.2) is 0 Å². The van der Waals surface area contributed by atoms with Crippen LogP contribution in [0.25, 0.3) is 0 Å². The standard InChI is InChI=1S/C8H11Cl2S/c1-11-7-4-2-3(5(7)9)6(10)8(4)11/h3-8H,2H2,1H3/q+1/t3?,4?,5-,6+,7-,8+,11?. The van der Waals surface area contributed by atoms with Gasteiger partial charge in [0.1, 0.15) is 10.5 Å². The molecule has 1 aliphatic heterocycles. The van der Waals surface area contributed by atoms with Crippen LogP contribution >= 0.6 is 23.2 Å². The molecule has 0 radical (unpaired) electrons. The van der Waals surface area contributed by atoms with Gasteiger partial charge in [0.05, 0.1) is 22.9 Å². The van der Waals surface area contributed by atoms with Crippen LogP contribution < -0.4 is 0 Å². The van der Waals surface area contributed by atoms with Crippen LogP contribution in [0.5, 0.6) is 0 Å². The van der Waals surface area contributed by atoms with E-state index in [2.05, 4.69) is 6.26 Å². The first-order valence-corrected chi connectivity index (χ1v) is 6.76. The summed E-state index contributed by atoms with van der Waals surface area (Å²) < 4.78 is 0. The molecule has 1 saturated heterocycles. The first kappa shape index (κ1) is 7.34. The van der Waals surface area contributed by atoms with E-state index in [1.54, 1.807) is 0 Å². The van der Waals surface area contributed by atoms with Gasteiger partial charge in [-0.2, -0.15) is 0 Å². The van der Waals surface area contributed by atoms with Gasteiger partial charge in [-0.25, -0.2) is 0 Å². The molecule has 62 valence electrons. The molecular weight excluding hydrogens is 199 g/mol. The Kier molecular flexibility index (Phi) is 1.37. The van der Waals surface area contributed by atoms with Crippen molar-refractivity contribution in [2.24, 2.45) is 11.8 Å². The molecule has 11 heavy (non-hydrogen) atoms. The number of alkyl halides is 2. The lowest BCUT2D eigenvalue weighted by Crippen LogP contribution is -2.62. The molecule has 0 spiro atoms. The first-order valence-electron chi connectivity index (χ1n) is 4.13. The van der Waals surface area contributed by atoms with Gasteiger partial charge in [0.2, 0.25) is 0 Å². The van der Waals surface area contributed by atoms with Crippen molar-refractivity contribution in [1.82, 2.24) is 0 Å². The highest BCUT2D eigenvalue weighted by Gasteiger charge is 2.75. The molecule has 3 rings (SSSR count). The molecule has 7 atom stereocenters. The zero-order valence-corrected chi connectivity index (χ0v) is 8.66. The minimum atomic E-state index is 0.417. The van der Waals surface area contributed by atoms with Crippen molar-refractivity contribution in [2.75, 3.05) is 6.26 Å². The van der Waals surface area contributed by atoms with Gasteiger partial charge in [-0.15, -0.1) is 23.2 Å². The monoisotopic (exact) mass is 209 g/mol. The fourth-order valence-electron chi connectivity index (χ4n) is 3.22. The number of fused-ring (bicyclic) bond motifs is 1. The molecule has 0 N–H and O–H groups in total. The van der Waals surface area contributed by atoms with Crippen molar-refractivity contribution in [3.05, 3.63) is 0 Å². The molecule has 0 aromatic rings. The van der Waals surface area contributed by atoms with Gasteiger partial charge in [0.25, 0.3) is 0 Å². The molecule has 1 heterocycles. The predicted octanol–water partition coefficient (Wildman–Crippen LogP) is 1.85. The highest BCUT2D eigenvalue weighted by atomic mass is 35.5. The molecular formula is C8H11Cl2S+. The van der Waals surface area contributed by atoms with Gasteiger partial charge < -0.3 is 0 Å². The van der Waals surface area contributed by atoms with Gasteiger partial charge in [-0.3, -0.25) is 0 Å². The van der Waals surface area contributed by atoms with Crippen LogP contribution in [0.15, 0.2) is 0 Å². The molecule has 0 amide bonds. The summed E-state index contributed by atoms with van der Waals surface area (Å²) >= 11 is 12.6. The molecule has 2 saturated carbocycles. The fraction of sp³-hybridized carbons (Fsp3) is 1.00. The third-order valence-corrected chi connectivity index (χ3v) is 8.18. The highest BCUT2D eigenvalue weighted by molar-refractivity contribution is 7.99. The van der Waals surface area contributed by atoms with E-state index in [9.17, 15) is 0 Å². The van der Waals surface area contributed by atoms with E-state index in [0.29, 0.717) is 27.6 Å². The molecule has 3 aliphatic rings. The summed E-state index contributed by atoms with van der Waals surface area (Å²) in [6.07, 6.45) is 3.67. The average Bonchev–Trinajstić information content (AvgIpc) is 2.35. The fourth-order valence-corrected chi connectivity index (χ4v) is 8.14. The molecule has 0 aromatic heterocycles. The number of hydrogen-bond donors (Lipinski definition) is 0. The second-order valence-electron chi connectivity index (χ2n) is 3.99. The maximum absolute atomic E-state index is 6.31. The second kappa shape index (κ2) is 2.05. The SMILES string of the molecule is C[S+]1[C@@H]2C3CC([C@H]2Cl)[C@H](Cl)[C@H]31. The topological polar surface area (TPSA) is 0 Å². The molecule has 2 bridgehead atoms. The van der Waals surface area contributed by atoms with Crippen LogP contribution in [0.4, 0.5) is 0 Å². The summed E-state index contributed by atoms with van der Waals surface area (Å²) in [5.41, 5.74) is 0. The van der Waals surface area contributed by atoms with Crippen LogP contribution in [0.3, 0.4) is 0 Å². The number of halogens is 2. The largest absolute Gasteiger partial charge is 0.142 e. The Hall–Kier alpha value is 0.930. The molecule has 3 heteroatoms. The van der Waals surface area contributed by atoms with Gasteiger partial charge >= 0.3 is 0 Å². The lowest BCUT2D eigenvalue weighted by atomic mass is 9.97. The summed E-state index contributed by atoms with van der Waals surface area (Å²) in [7, 11) is 0.550. The van der Waals surface area contributed by atoms with Gasteiger partial charge in [-0.05, 0) is 17.3 Å². The van der Waals surface area contributed by atoms with Crippen LogP contribution in [0, 0.1) is 11.8 Å². The summed E-state index contributed by atoms with van der Waals surface area (Å²) in [6.45, 7) is 0. The molecule has 0 aromatic carbocycles. The minimum Gasteiger partial charge on any atom is -0.117 e. The Labute approximate surface area is 80.0 Å². The third-order valence-electron chi connectivity index (χ3n) is 3.69. The lowest BCUT2D eigenvalue weighted by molar-refractivity contribution is 0.465. The second-order valence-corrected chi connectivity index (χ2v) is 7.30. The zero-order valence-electron chi connectivity index (χ0n) is 6.34. The summed E-state index contributed by atoms with van der Waals surface area (Å²) in [5.74, 6) is 1.57. The first-order chi connectivity index (χ1) is 5.22. The number of hydrogen-bond acceptors (Lipinski definition) is 0. The van der Waals surface area contributed by atoms with Crippen LogP contribution in [0.1, 0.15) is 6.42 Å². The maximum atomic E-state index is 6.31. The van der Waals surface area contributed by atoms with E-state index in [-0.39, 0.29) is 0 Å². The Bertz CT molecular complexity index is 177. The van der Waals surface area contributed by atoms with E-state index in [4.69, 9.17) is 23.2 Å². The van der Waals surface area contributed by atoms with Crippen molar-refractivity contribution >= 4 is 34.1 Å². The normalized spacial score (nSPS) is 71.7. The molecule has 3 unspecified atom stereocenters. The van der Waals surface area contributed by atoms with Crippen molar-refractivity contribution < 1.29 is 0 Å². The Morgan fingerprint density at radius 2 is 1.64 bits per heavy atom. The molecule has 3 fully saturated rings. The Morgan fingerprint density at radius 3 is 2.00 bits per heavy atom. The predicted molar refractivity (Wildman–Crippen MR) is 51.7 cm³/mol. The Balaban J connectivity index is 1.99. The van der Waals surface area contributed by atoms with Crippen LogP contribution in [-0.4, -0.2) is 27.5 Å². The summed E-state index contributed by atoms with van der Waals surface area (Å²) in [5, 5.41) is 2.53. The smallest absolute Gasteiger partial charge is 0.117 e. The number of rotatable bonds is 0. The molecule has 2 aliphatic carbocycles. The van der Waals surface area contributed by atoms with Crippen molar-refractivity contribution in [2.45, 2.75) is 27.7 Å². The molecule has 0 nitrogen and oxygen atoms in total. The van der Waals surface area contributed by atoms with Gasteiger partial charge in [0, 0.05) is 5.92 Å².